The van der Waals surface area contributed by atoms with Gasteiger partial charge in [0.2, 0.25) is 5.95 Å². The van der Waals surface area contributed by atoms with E-state index in [0.717, 1.165) is 31.1 Å². The number of rotatable bonds is 5. The molecule has 4 rings (SSSR count). The summed E-state index contributed by atoms with van der Waals surface area (Å²) in [7, 11) is 0. The fraction of sp³-hybridized carbons (Fsp3) is 0.318. The second-order valence-electron chi connectivity index (χ2n) is 7.40. The summed E-state index contributed by atoms with van der Waals surface area (Å²) >= 11 is 0. The number of aliphatic hydroxyl groups excluding tert-OH is 2. The van der Waals surface area contributed by atoms with Crippen molar-refractivity contribution in [2.45, 2.75) is 44.1 Å². The molecule has 1 fully saturated rings. The van der Waals surface area contributed by atoms with E-state index in [-0.39, 0.29) is 18.1 Å². The summed E-state index contributed by atoms with van der Waals surface area (Å²) < 4.78 is 0. The van der Waals surface area contributed by atoms with Crippen molar-refractivity contribution in [2.75, 3.05) is 5.32 Å². The number of benzene rings is 2. The summed E-state index contributed by atoms with van der Waals surface area (Å²) in [6.07, 6.45) is 3.74. The van der Waals surface area contributed by atoms with Crippen molar-refractivity contribution >= 4 is 22.8 Å². The van der Waals surface area contributed by atoms with Gasteiger partial charge in [-0.3, -0.25) is 4.79 Å². The zero-order valence-electron chi connectivity index (χ0n) is 16.0. The molecule has 3 aromatic rings. The minimum Gasteiger partial charge on any atom is -0.393 e. The van der Waals surface area contributed by atoms with Gasteiger partial charge >= 0.3 is 0 Å². The number of amides is 1. The highest BCUT2D eigenvalue weighted by Gasteiger charge is 2.20. The summed E-state index contributed by atoms with van der Waals surface area (Å²) in [4.78, 5) is 21.4. The second kappa shape index (κ2) is 8.55. The Morgan fingerprint density at radius 2 is 1.83 bits per heavy atom. The Labute approximate surface area is 168 Å². The summed E-state index contributed by atoms with van der Waals surface area (Å²) in [5.74, 6) is 0.137. The van der Waals surface area contributed by atoms with Crippen molar-refractivity contribution in [1.29, 1.82) is 0 Å². The second-order valence-corrected chi connectivity index (χ2v) is 7.40. The molecule has 0 radical (unpaired) electrons. The quantitative estimate of drug-likeness (QED) is 0.498. The van der Waals surface area contributed by atoms with Gasteiger partial charge in [-0.1, -0.05) is 36.4 Å². The third-order valence-electron chi connectivity index (χ3n) is 5.26. The fourth-order valence-electron chi connectivity index (χ4n) is 3.56. The average molecular weight is 392 g/mol. The fourth-order valence-corrected chi connectivity index (χ4v) is 3.56. The van der Waals surface area contributed by atoms with Gasteiger partial charge in [-0.15, -0.1) is 0 Å². The molecule has 1 aromatic heterocycles. The maximum atomic E-state index is 12.6. The van der Waals surface area contributed by atoms with Gasteiger partial charge in [-0.2, -0.15) is 0 Å². The molecule has 7 heteroatoms. The van der Waals surface area contributed by atoms with E-state index in [2.05, 4.69) is 20.6 Å². The number of nitrogens with one attached hydrogen (secondary N) is 2. The van der Waals surface area contributed by atoms with Crippen molar-refractivity contribution in [3.63, 3.8) is 0 Å². The molecule has 4 N–H and O–H groups in total. The summed E-state index contributed by atoms with van der Waals surface area (Å²) in [5.41, 5.74) is 1.69. The molecule has 2 aromatic carbocycles. The molecule has 0 spiro atoms. The molecule has 1 unspecified atom stereocenters. The maximum Gasteiger partial charge on any atom is 0.253 e. The van der Waals surface area contributed by atoms with Crippen LogP contribution in [0.3, 0.4) is 0 Å². The lowest BCUT2D eigenvalue weighted by Gasteiger charge is -2.26. The number of aromatic nitrogens is 2. The zero-order chi connectivity index (χ0) is 20.2. The van der Waals surface area contributed by atoms with Crippen LogP contribution in [0.2, 0.25) is 0 Å². The molecule has 1 aliphatic rings. The van der Waals surface area contributed by atoms with Gasteiger partial charge in [0.25, 0.3) is 5.91 Å². The zero-order valence-corrected chi connectivity index (χ0v) is 16.0. The number of aliphatic hydroxyl groups is 2. The van der Waals surface area contributed by atoms with Crippen LogP contribution < -0.4 is 10.6 Å². The van der Waals surface area contributed by atoms with Crippen LogP contribution in [0.25, 0.3) is 10.9 Å². The summed E-state index contributed by atoms with van der Waals surface area (Å²) in [5, 5.41) is 26.6. The Hall–Kier alpha value is -3.03. The standard InChI is InChI=1S/C22H24N4O3/c27-18-10-8-17(9-11-18)24-22-23-13-16-7-6-15(12-19(16)25-22)21(29)26-20(28)14-4-2-1-3-5-14/h1-7,12-13,17-18,20,27-28H,8-11H2,(H,26,29)(H,23,24,25). The van der Waals surface area contributed by atoms with E-state index in [1.807, 2.05) is 6.07 Å². The highest BCUT2D eigenvalue weighted by molar-refractivity contribution is 5.97. The number of carbonyl (C=O) groups is 1. The van der Waals surface area contributed by atoms with Crippen LogP contribution in [-0.2, 0) is 0 Å². The van der Waals surface area contributed by atoms with E-state index >= 15 is 0 Å². The Kier molecular flexibility index (Phi) is 5.69. The van der Waals surface area contributed by atoms with Gasteiger partial charge in [0.15, 0.2) is 6.23 Å². The molecule has 0 saturated heterocycles. The molecule has 1 heterocycles. The van der Waals surface area contributed by atoms with Crippen LogP contribution in [0.1, 0.15) is 47.8 Å². The van der Waals surface area contributed by atoms with Crippen LogP contribution >= 0.6 is 0 Å². The lowest BCUT2D eigenvalue weighted by Crippen LogP contribution is -2.29. The first kappa shape index (κ1) is 19.3. The highest BCUT2D eigenvalue weighted by Crippen LogP contribution is 2.22. The lowest BCUT2D eigenvalue weighted by atomic mass is 9.93. The predicted octanol–water partition coefficient (Wildman–Crippen LogP) is 2.77. The number of nitrogens with zero attached hydrogens (tertiary/aromatic N) is 2. The molecule has 1 atom stereocenters. The molecular weight excluding hydrogens is 368 g/mol. The van der Waals surface area contributed by atoms with Crippen LogP contribution in [0, 0.1) is 0 Å². The van der Waals surface area contributed by atoms with Crippen LogP contribution in [0.5, 0.6) is 0 Å². The van der Waals surface area contributed by atoms with E-state index in [1.54, 1.807) is 48.7 Å². The number of fused-ring (bicyclic) bond motifs is 1. The van der Waals surface area contributed by atoms with Crippen molar-refractivity contribution in [1.82, 2.24) is 15.3 Å². The summed E-state index contributed by atoms with van der Waals surface area (Å²) in [6, 6.07) is 14.4. The van der Waals surface area contributed by atoms with Gasteiger partial charge < -0.3 is 20.8 Å². The van der Waals surface area contributed by atoms with Crippen LogP contribution in [-0.4, -0.2) is 38.2 Å². The first-order valence-corrected chi connectivity index (χ1v) is 9.84. The van der Waals surface area contributed by atoms with Crippen LogP contribution in [0.15, 0.2) is 54.7 Å². The molecule has 0 bridgehead atoms. The SMILES string of the molecule is O=C(NC(O)c1ccccc1)c1ccc2cnc(NC3CCC(O)CC3)nc2c1. The number of anilines is 1. The van der Waals surface area contributed by atoms with Crippen molar-refractivity contribution in [3.8, 4) is 0 Å². The molecular formula is C22H24N4O3. The molecule has 7 nitrogen and oxygen atoms in total. The van der Waals surface area contributed by atoms with E-state index in [4.69, 9.17) is 0 Å². The van der Waals surface area contributed by atoms with E-state index < -0.39 is 6.23 Å². The van der Waals surface area contributed by atoms with Crippen molar-refractivity contribution < 1.29 is 15.0 Å². The molecule has 1 aliphatic carbocycles. The smallest absolute Gasteiger partial charge is 0.253 e. The number of carbonyl (C=O) groups excluding carboxylic acids is 1. The Bertz CT molecular complexity index is 988. The number of hydrogen-bond donors (Lipinski definition) is 4. The minimum atomic E-state index is -1.08. The number of hydrogen-bond acceptors (Lipinski definition) is 6. The van der Waals surface area contributed by atoms with Gasteiger partial charge in [-0.05, 0) is 37.8 Å². The monoisotopic (exact) mass is 392 g/mol. The topological polar surface area (TPSA) is 107 Å². The third-order valence-corrected chi connectivity index (χ3v) is 5.26. The molecule has 1 amide bonds. The molecule has 29 heavy (non-hydrogen) atoms. The van der Waals surface area contributed by atoms with E-state index in [1.165, 1.54) is 0 Å². The maximum absolute atomic E-state index is 12.6. The van der Waals surface area contributed by atoms with Crippen molar-refractivity contribution in [3.05, 3.63) is 65.9 Å². The van der Waals surface area contributed by atoms with Gasteiger partial charge in [-0.25, -0.2) is 9.97 Å². The van der Waals surface area contributed by atoms with E-state index in [9.17, 15) is 15.0 Å². The van der Waals surface area contributed by atoms with Crippen molar-refractivity contribution in [2.24, 2.45) is 0 Å². The normalized spacial score (nSPS) is 20.2. The van der Waals surface area contributed by atoms with E-state index in [0.29, 0.717) is 22.6 Å². The van der Waals surface area contributed by atoms with Gasteiger partial charge in [0, 0.05) is 28.8 Å². The Balaban J connectivity index is 1.48. The molecule has 1 saturated carbocycles. The Morgan fingerprint density at radius 3 is 2.59 bits per heavy atom. The van der Waals surface area contributed by atoms with Gasteiger partial charge in [0.05, 0.1) is 11.6 Å². The Morgan fingerprint density at radius 1 is 1.07 bits per heavy atom. The highest BCUT2D eigenvalue weighted by atomic mass is 16.3. The average Bonchev–Trinajstić information content (AvgIpc) is 2.75. The first-order valence-electron chi connectivity index (χ1n) is 9.84. The minimum absolute atomic E-state index is 0.210. The predicted molar refractivity (Wildman–Crippen MR) is 110 cm³/mol. The van der Waals surface area contributed by atoms with Crippen LogP contribution in [0.4, 0.5) is 5.95 Å². The summed E-state index contributed by atoms with van der Waals surface area (Å²) in [6.45, 7) is 0. The lowest BCUT2D eigenvalue weighted by molar-refractivity contribution is 0.0783. The third kappa shape index (κ3) is 4.70. The largest absolute Gasteiger partial charge is 0.393 e. The van der Waals surface area contributed by atoms with Gasteiger partial charge in [0.1, 0.15) is 0 Å². The first-order chi connectivity index (χ1) is 14.1. The molecule has 0 aliphatic heterocycles. The molecule has 150 valence electrons.